The topological polar surface area (TPSA) is 42.9 Å². The van der Waals surface area contributed by atoms with Crippen LogP contribution in [0.2, 0.25) is 0 Å². The molecule has 96 valence electrons. The Kier molecular flexibility index (Phi) is 3.14. The first-order valence-electron chi connectivity index (χ1n) is 7.17. The third-order valence-corrected chi connectivity index (χ3v) is 4.49. The summed E-state index contributed by atoms with van der Waals surface area (Å²) in [4.78, 5) is 20.9. The Morgan fingerprint density at radius 2 is 2.22 bits per heavy atom. The summed E-state index contributed by atoms with van der Waals surface area (Å²) >= 11 is 0. The molecular formula is C15H20N2O. The number of ketones is 1. The molecule has 1 fully saturated rings. The predicted molar refractivity (Wildman–Crippen MR) is 69.7 cm³/mol. The van der Waals surface area contributed by atoms with E-state index in [0.29, 0.717) is 12.3 Å². The van der Waals surface area contributed by atoms with Gasteiger partial charge in [0.2, 0.25) is 0 Å². The second kappa shape index (κ2) is 4.79. The molecule has 2 aliphatic rings. The number of aryl methyl sites for hydroxylation is 1. The minimum absolute atomic E-state index is 0.223. The van der Waals surface area contributed by atoms with Gasteiger partial charge in [-0.25, -0.2) is 9.97 Å². The summed E-state index contributed by atoms with van der Waals surface area (Å²) in [6.45, 7) is 2.26. The number of aromatic nitrogens is 2. The van der Waals surface area contributed by atoms with Crippen LogP contribution in [0.1, 0.15) is 73.2 Å². The second-order valence-corrected chi connectivity index (χ2v) is 5.65. The molecule has 2 atom stereocenters. The summed E-state index contributed by atoms with van der Waals surface area (Å²) in [6, 6.07) is 0. The van der Waals surface area contributed by atoms with Gasteiger partial charge in [0, 0.05) is 18.5 Å². The van der Waals surface area contributed by atoms with Crippen LogP contribution in [0, 0.1) is 5.92 Å². The Morgan fingerprint density at radius 1 is 1.33 bits per heavy atom. The van der Waals surface area contributed by atoms with Crippen molar-refractivity contribution >= 4 is 5.78 Å². The van der Waals surface area contributed by atoms with Crippen molar-refractivity contribution in [3.05, 3.63) is 23.3 Å². The van der Waals surface area contributed by atoms with Crippen molar-refractivity contribution in [3.8, 4) is 0 Å². The van der Waals surface area contributed by atoms with Gasteiger partial charge in [-0.1, -0.05) is 13.3 Å². The molecule has 0 aromatic carbocycles. The van der Waals surface area contributed by atoms with E-state index >= 15 is 0 Å². The van der Waals surface area contributed by atoms with Crippen molar-refractivity contribution in [3.63, 3.8) is 0 Å². The standard InChI is InChI=1S/C15H20N2O/c1-2-10-6-7-11(8-10)15-16-9-12-13(17-15)4-3-5-14(12)18/h9-11H,2-8H2,1H3. The summed E-state index contributed by atoms with van der Waals surface area (Å²) in [5, 5.41) is 0. The lowest BCUT2D eigenvalue weighted by molar-refractivity contribution is 0.0971. The fourth-order valence-corrected chi connectivity index (χ4v) is 3.28. The van der Waals surface area contributed by atoms with Crippen LogP contribution in [0.5, 0.6) is 0 Å². The number of carbonyl (C=O) groups excluding carboxylic acids is 1. The van der Waals surface area contributed by atoms with Gasteiger partial charge in [-0.2, -0.15) is 0 Å². The van der Waals surface area contributed by atoms with Crippen molar-refractivity contribution < 1.29 is 4.79 Å². The Morgan fingerprint density at radius 3 is 3.00 bits per heavy atom. The molecular weight excluding hydrogens is 224 g/mol. The number of hydrogen-bond acceptors (Lipinski definition) is 3. The van der Waals surface area contributed by atoms with Crippen LogP contribution in [0.25, 0.3) is 0 Å². The van der Waals surface area contributed by atoms with Gasteiger partial charge in [-0.3, -0.25) is 4.79 Å². The quantitative estimate of drug-likeness (QED) is 0.801. The minimum atomic E-state index is 0.223. The Labute approximate surface area is 108 Å². The van der Waals surface area contributed by atoms with Crippen LogP contribution < -0.4 is 0 Å². The molecule has 18 heavy (non-hydrogen) atoms. The van der Waals surface area contributed by atoms with Crippen LogP contribution in [0.3, 0.4) is 0 Å². The van der Waals surface area contributed by atoms with Crippen LogP contribution in [-0.2, 0) is 6.42 Å². The molecule has 1 saturated carbocycles. The molecule has 3 rings (SSSR count). The lowest BCUT2D eigenvalue weighted by atomic mass is 9.95. The van der Waals surface area contributed by atoms with Crippen molar-refractivity contribution in [2.45, 2.75) is 57.8 Å². The number of fused-ring (bicyclic) bond motifs is 1. The van der Waals surface area contributed by atoms with E-state index in [1.807, 2.05) is 0 Å². The molecule has 3 heteroatoms. The molecule has 0 amide bonds. The molecule has 2 unspecified atom stereocenters. The zero-order valence-corrected chi connectivity index (χ0v) is 11.0. The lowest BCUT2D eigenvalue weighted by Crippen LogP contribution is -2.15. The molecule has 0 bridgehead atoms. The van der Waals surface area contributed by atoms with Gasteiger partial charge in [0.25, 0.3) is 0 Å². The van der Waals surface area contributed by atoms with E-state index in [1.165, 1.54) is 25.7 Å². The molecule has 0 saturated heterocycles. The number of carbonyl (C=O) groups is 1. The first kappa shape index (κ1) is 11.8. The van der Waals surface area contributed by atoms with Gasteiger partial charge >= 0.3 is 0 Å². The second-order valence-electron chi connectivity index (χ2n) is 5.65. The van der Waals surface area contributed by atoms with Gasteiger partial charge in [0.05, 0.1) is 11.3 Å². The molecule has 0 spiro atoms. The first-order chi connectivity index (χ1) is 8.78. The zero-order chi connectivity index (χ0) is 12.5. The Balaban J connectivity index is 1.84. The molecule has 0 aliphatic heterocycles. The number of nitrogens with zero attached hydrogens (tertiary/aromatic N) is 2. The van der Waals surface area contributed by atoms with Crippen molar-refractivity contribution in [2.75, 3.05) is 0 Å². The van der Waals surface area contributed by atoms with Gasteiger partial charge in [-0.05, 0) is 38.0 Å². The Hall–Kier alpha value is -1.25. The van der Waals surface area contributed by atoms with Crippen LogP contribution in [-0.4, -0.2) is 15.8 Å². The molecule has 1 aromatic heterocycles. The van der Waals surface area contributed by atoms with Gasteiger partial charge in [0.15, 0.2) is 5.78 Å². The van der Waals surface area contributed by atoms with E-state index < -0.39 is 0 Å². The zero-order valence-electron chi connectivity index (χ0n) is 11.0. The highest BCUT2D eigenvalue weighted by molar-refractivity contribution is 5.97. The van der Waals surface area contributed by atoms with E-state index in [0.717, 1.165) is 35.8 Å². The fourth-order valence-electron chi connectivity index (χ4n) is 3.28. The van der Waals surface area contributed by atoms with Gasteiger partial charge in [-0.15, -0.1) is 0 Å². The van der Waals surface area contributed by atoms with Crippen LogP contribution >= 0.6 is 0 Å². The third-order valence-electron chi connectivity index (χ3n) is 4.49. The van der Waals surface area contributed by atoms with Crippen molar-refractivity contribution in [1.82, 2.24) is 9.97 Å². The summed E-state index contributed by atoms with van der Waals surface area (Å²) in [7, 11) is 0. The van der Waals surface area contributed by atoms with E-state index in [2.05, 4.69) is 16.9 Å². The maximum absolute atomic E-state index is 11.7. The van der Waals surface area contributed by atoms with E-state index in [9.17, 15) is 4.79 Å². The average molecular weight is 244 g/mol. The highest BCUT2D eigenvalue weighted by atomic mass is 16.1. The van der Waals surface area contributed by atoms with E-state index in [1.54, 1.807) is 6.20 Å². The monoisotopic (exact) mass is 244 g/mol. The average Bonchev–Trinajstić information content (AvgIpc) is 2.87. The molecule has 0 N–H and O–H groups in total. The minimum Gasteiger partial charge on any atom is -0.294 e. The van der Waals surface area contributed by atoms with Gasteiger partial charge in [0.1, 0.15) is 5.82 Å². The van der Waals surface area contributed by atoms with Crippen molar-refractivity contribution in [2.24, 2.45) is 5.92 Å². The highest BCUT2D eigenvalue weighted by Gasteiger charge is 2.28. The largest absolute Gasteiger partial charge is 0.294 e. The molecule has 1 heterocycles. The van der Waals surface area contributed by atoms with Crippen LogP contribution in [0.4, 0.5) is 0 Å². The van der Waals surface area contributed by atoms with E-state index in [-0.39, 0.29) is 5.78 Å². The Bertz CT molecular complexity index is 470. The molecule has 2 aliphatic carbocycles. The smallest absolute Gasteiger partial charge is 0.166 e. The predicted octanol–water partition coefficient (Wildman–Crippen LogP) is 3.29. The van der Waals surface area contributed by atoms with E-state index in [4.69, 9.17) is 0 Å². The third kappa shape index (κ3) is 2.06. The number of Topliss-reactive ketones (excluding diaryl/α,β-unsaturated/α-hetero) is 1. The molecule has 0 radical (unpaired) electrons. The first-order valence-corrected chi connectivity index (χ1v) is 7.17. The SMILES string of the molecule is CCC1CCC(c2ncc3c(n2)CCCC3=O)C1. The summed E-state index contributed by atoms with van der Waals surface area (Å²) in [5.41, 5.74) is 1.77. The maximum atomic E-state index is 11.7. The highest BCUT2D eigenvalue weighted by Crippen LogP contribution is 2.38. The summed E-state index contributed by atoms with van der Waals surface area (Å²) in [6.07, 6.45) is 9.34. The summed E-state index contributed by atoms with van der Waals surface area (Å²) in [5.74, 6) is 2.58. The number of rotatable bonds is 2. The summed E-state index contributed by atoms with van der Waals surface area (Å²) < 4.78 is 0. The van der Waals surface area contributed by atoms with Crippen LogP contribution in [0.15, 0.2) is 6.20 Å². The lowest BCUT2D eigenvalue weighted by Gasteiger charge is -2.16. The number of hydrogen-bond donors (Lipinski definition) is 0. The maximum Gasteiger partial charge on any atom is 0.166 e. The molecule has 3 nitrogen and oxygen atoms in total. The molecule has 1 aromatic rings. The normalized spacial score (nSPS) is 27.3. The van der Waals surface area contributed by atoms with Crippen molar-refractivity contribution in [1.29, 1.82) is 0 Å². The van der Waals surface area contributed by atoms with Gasteiger partial charge < -0.3 is 0 Å². The fraction of sp³-hybridized carbons (Fsp3) is 0.667.